The van der Waals surface area contributed by atoms with Crippen molar-refractivity contribution in [1.82, 2.24) is 0 Å². The molecule has 0 radical (unpaired) electrons. The summed E-state index contributed by atoms with van der Waals surface area (Å²) in [6, 6.07) is 7.24. The fourth-order valence-corrected chi connectivity index (χ4v) is 4.05. The van der Waals surface area contributed by atoms with Gasteiger partial charge in [-0.3, -0.25) is 4.21 Å². The molecule has 1 aliphatic rings. The highest BCUT2D eigenvalue weighted by Gasteiger charge is 2.24. The molecule has 4 atom stereocenters. The van der Waals surface area contributed by atoms with Crippen LogP contribution in [-0.4, -0.2) is 35.5 Å². The molecule has 2 rings (SSSR count). The maximum atomic E-state index is 12.6. The van der Waals surface area contributed by atoms with Crippen molar-refractivity contribution in [2.24, 2.45) is 5.73 Å². The average Bonchev–Trinajstić information content (AvgIpc) is 2.87. The highest BCUT2D eigenvalue weighted by atomic mass is 32.2. The van der Waals surface area contributed by atoms with E-state index in [9.17, 15) is 8.60 Å². The lowest BCUT2D eigenvalue weighted by Gasteiger charge is -2.21. The molecule has 1 aliphatic heterocycles. The Morgan fingerprint density at radius 2 is 2.16 bits per heavy atom. The lowest BCUT2D eigenvalue weighted by molar-refractivity contribution is 0.0720. The van der Waals surface area contributed by atoms with Crippen LogP contribution < -0.4 is 5.73 Å². The number of ether oxygens (including phenoxy) is 1. The smallest absolute Gasteiger partial charge is 0.107 e. The molecule has 1 aromatic carbocycles. The Labute approximate surface area is 115 Å². The molecule has 1 aromatic rings. The van der Waals surface area contributed by atoms with E-state index < -0.39 is 29.6 Å². The minimum Gasteiger partial charge on any atom is -0.375 e. The first-order valence-electron chi connectivity index (χ1n) is 6.45. The second kappa shape index (κ2) is 6.59. The minimum absolute atomic E-state index is 0.380. The van der Waals surface area contributed by atoms with Crippen LogP contribution in [0.15, 0.2) is 24.3 Å². The van der Waals surface area contributed by atoms with Crippen LogP contribution in [0.4, 0.5) is 4.39 Å². The third-order valence-corrected chi connectivity index (χ3v) is 5.10. The molecule has 0 bridgehead atoms. The van der Waals surface area contributed by atoms with E-state index in [1.165, 1.54) is 12.7 Å². The molecule has 0 spiro atoms. The van der Waals surface area contributed by atoms with Gasteiger partial charge in [-0.2, -0.15) is 0 Å². The van der Waals surface area contributed by atoms with Gasteiger partial charge >= 0.3 is 0 Å². The number of benzene rings is 1. The van der Waals surface area contributed by atoms with E-state index in [0.29, 0.717) is 5.92 Å². The summed E-state index contributed by atoms with van der Waals surface area (Å²) in [5.41, 5.74) is 7.78. The number of alkyl halides is 1. The van der Waals surface area contributed by atoms with Crippen LogP contribution in [0.5, 0.6) is 0 Å². The van der Waals surface area contributed by atoms with Gasteiger partial charge in [0, 0.05) is 29.4 Å². The number of methoxy groups -OCH3 is 1. The fraction of sp³-hybridized carbons (Fsp3) is 0.571. The number of rotatable bonds is 5. The molecule has 2 N–H and O–H groups in total. The molecule has 1 fully saturated rings. The van der Waals surface area contributed by atoms with E-state index in [-0.39, 0.29) is 0 Å². The van der Waals surface area contributed by atoms with E-state index >= 15 is 0 Å². The van der Waals surface area contributed by atoms with E-state index in [0.717, 1.165) is 23.5 Å². The van der Waals surface area contributed by atoms with Crippen molar-refractivity contribution in [3.05, 3.63) is 35.4 Å². The van der Waals surface area contributed by atoms with Crippen molar-refractivity contribution in [2.75, 3.05) is 25.3 Å². The van der Waals surface area contributed by atoms with Crippen molar-refractivity contribution < 1.29 is 13.3 Å². The van der Waals surface area contributed by atoms with E-state index in [2.05, 4.69) is 0 Å². The van der Waals surface area contributed by atoms with Gasteiger partial charge in [-0.15, -0.1) is 0 Å². The Balaban J connectivity index is 2.11. The van der Waals surface area contributed by atoms with Crippen molar-refractivity contribution in [3.63, 3.8) is 0 Å². The maximum absolute atomic E-state index is 12.6. The molecule has 1 heterocycles. The molecular weight excluding hydrogens is 265 g/mol. The predicted octanol–water partition coefficient (Wildman–Crippen LogP) is 1.91. The van der Waals surface area contributed by atoms with Crippen LogP contribution in [0.25, 0.3) is 0 Å². The SMILES string of the molecule is COC(c1ccc(C2CCS(=O)C2)cc1)C(N)CF. The van der Waals surface area contributed by atoms with Crippen molar-refractivity contribution >= 4 is 10.8 Å². The maximum Gasteiger partial charge on any atom is 0.107 e. The van der Waals surface area contributed by atoms with E-state index in [1.807, 2.05) is 24.3 Å². The highest BCUT2D eigenvalue weighted by Crippen LogP contribution is 2.28. The number of nitrogens with two attached hydrogens (primary N) is 1. The van der Waals surface area contributed by atoms with Gasteiger partial charge in [0.1, 0.15) is 6.67 Å². The first-order valence-corrected chi connectivity index (χ1v) is 7.93. The van der Waals surface area contributed by atoms with E-state index in [1.54, 1.807) is 0 Å². The van der Waals surface area contributed by atoms with Gasteiger partial charge in [-0.1, -0.05) is 24.3 Å². The summed E-state index contributed by atoms with van der Waals surface area (Å²) in [6.07, 6.45) is 0.556. The summed E-state index contributed by atoms with van der Waals surface area (Å²) < 4.78 is 29.3. The van der Waals surface area contributed by atoms with Crippen LogP contribution in [0, 0.1) is 0 Å². The van der Waals surface area contributed by atoms with Crippen molar-refractivity contribution in [1.29, 1.82) is 0 Å². The monoisotopic (exact) mass is 285 g/mol. The summed E-state index contributed by atoms with van der Waals surface area (Å²) in [4.78, 5) is 0. The lowest BCUT2D eigenvalue weighted by atomic mass is 9.95. The largest absolute Gasteiger partial charge is 0.375 e. The zero-order valence-corrected chi connectivity index (χ0v) is 11.9. The van der Waals surface area contributed by atoms with Gasteiger partial charge in [0.15, 0.2) is 0 Å². The minimum atomic E-state index is -0.672. The third kappa shape index (κ3) is 3.41. The molecule has 3 nitrogen and oxygen atoms in total. The Morgan fingerprint density at radius 1 is 1.47 bits per heavy atom. The number of halogens is 1. The second-order valence-corrected chi connectivity index (χ2v) is 6.56. The molecule has 4 unspecified atom stereocenters. The van der Waals surface area contributed by atoms with Crippen molar-refractivity contribution in [2.45, 2.75) is 24.5 Å². The molecule has 0 aromatic heterocycles. The van der Waals surface area contributed by atoms with Gasteiger partial charge in [-0.05, 0) is 23.5 Å². The van der Waals surface area contributed by atoms with Gasteiger partial charge in [-0.25, -0.2) is 4.39 Å². The lowest BCUT2D eigenvalue weighted by Crippen LogP contribution is -2.31. The average molecular weight is 285 g/mol. The summed E-state index contributed by atoms with van der Waals surface area (Å²) in [6.45, 7) is -0.609. The first kappa shape index (κ1) is 14.6. The Morgan fingerprint density at radius 3 is 2.63 bits per heavy atom. The Kier molecular flexibility index (Phi) is 5.07. The molecule has 19 heavy (non-hydrogen) atoms. The number of hydrogen-bond donors (Lipinski definition) is 1. The Hall–Kier alpha value is -0.780. The highest BCUT2D eigenvalue weighted by molar-refractivity contribution is 7.85. The molecule has 0 aliphatic carbocycles. The van der Waals surface area contributed by atoms with Crippen LogP contribution in [0.3, 0.4) is 0 Å². The molecule has 0 amide bonds. The van der Waals surface area contributed by atoms with Crippen LogP contribution in [0.2, 0.25) is 0 Å². The van der Waals surface area contributed by atoms with Gasteiger partial charge < -0.3 is 10.5 Å². The molecule has 0 saturated carbocycles. The first-order chi connectivity index (χ1) is 9.15. The molecule has 106 valence electrons. The normalized spacial score (nSPS) is 26.3. The quantitative estimate of drug-likeness (QED) is 0.899. The van der Waals surface area contributed by atoms with Crippen LogP contribution in [0.1, 0.15) is 29.6 Å². The standard InChI is InChI=1S/C14H20FNO2S/c1-18-14(13(16)8-15)11-4-2-10(3-5-11)12-6-7-19(17)9-12/h2-5,12-14H,6-9,16H2,1H3. The topological polar surface area (TPSA) is 52.3 Å². The molecule has 5 heteroatoms. The molecule has 1 saturated heterocycles. The van der Waals surface area contributed by atoms with Gasteiger partial charge in [0.25, 0.3) is 0 Å². The van der Waals surface area contributed by atoms with Gasteiger partial charge in [0.05, 0.1) is 12.1 Å². The summed E-state index contributed by atoms with van der Waals surface area (Å²) in [5, 5.41) is 0. The third-order valence-electron chi connectivity index (χ3n) is 3.64. The summed E-state index contributed by atoms with van der Waals surface area (Å²) in [7, 11) is 0.864. The zero-order chi connectivity index (χ0) is 13.8. The number of hydrogen-bond acceptors (Lipinski definition) is 3. The summed E-state index contributed by atoms with van der Waals surface area (Å²) >= 11 is 0. The summed E-state index contributed by atoms with van der Waals surface area (Å²) in [5.74, 6) is 1.92. The van der Waals surface area contributed by atoms with Gasteiger partial charge in [0.2, 0.25) is 0 Å². The second-order valence-electron chi connectivity index (χ2n) is 4.94. The van der Waals surface area contributed by atoms with Crippen molar-refractivity contribution in [3.8, 4) is 0 Å². The predicted molar refractivity (Wildman–Crippen MR) is 75.4 cm³/mol. The van der Waals surface area contributed by atoms with Crippen LogP contribution >= 0.6 is 0 Å². The molecular formula is C14H20FNO2S. The Bertz CT molecular complexity index is 438. The van der Waals surface area contributed by atoms with Crippen LogP contribution in [-0.2, 0) is 15.5 Å². The van der Waals surface area contributed by atoms with E-state index in [4.69, 9.17) is 10.5 Å². The fourth-order valence-electron chi connectivity index (χ4n) is 2.52. The zero-order valence-electron chi connectivity index (χ0n) is 11.0.